The van der Waals surface area contributed by atoms with Gasteiger partial charge in [0.05, 0.1) is 12.2 Å². The van der Waals surface area contributed by atoms with Crippen molar-refractivity contribution in [3.05, 3.63) is 82.3 Å². The molecule has 0 aliphatic heterocycles. The molecule has 0 saturated carbocycles. The summed E-state index contributed by atoms with van der Waals surface area (Å²) in [6.07, 6.45) is 0. The van der Waals surface area contributed by atoms with Crippen LogP contribution < -0.4 is 0 Å². The van der Waals surface area contributed by atoms with Crippen LogP contribution in [0.4, 0.5) is 0 Å². The minimum atomic E-state index is 0.624. The van der Waals surface area contributed by atoms with Gasteiger partial charge in [-0.25, -0.2) is 4.58 Å². The van der Waals surface area contributed by atoms with E-state index >= 15 is 0 Å². The first-order valence-corrected chi connectivity index (χ1v) is 11.4. The van der Waals surface area contributed by atoms with Gasteiger partial charge in [0.2, 0.25) is 0 Å². The van der Waals surface area contributed by atoms with Crippen molar-refractivity contribution in [3.8, 4) is 0 Å². The number of benzene rings is 5. The smallest absolute Gasteiger partial charge is 0.370 e. The highest BCUT2D eigenvalue weighted by atomic mass is 79.9. The fourth-order valence-electron chi connectivity index (χ4n) is 4.65. The predicted molar refractivity (Wildman–Crippen MR) is 137 cm³/mol. The van der Waals surface area contributed by atoms with Crippen molar-refractivity contribution in [2.45, 2.75) is 13.8 Å². The molecule has 0 aliphatic carbocycles. The van der Waals surface area contributed by atoms with Gasteiger partial charge in [-0.15, -0.1) is 0 Å². The van der Waals surface area contributed by atoms with Gasteiger partial charge < -0.3 is 4.74 Å². The van der Waals surface area contributed by atoms with Crippen LogP contribution in [-0.4, -0.2) is 31.2 Å². The molecule has 0 aromatic heterocycles. The van der Waals surface area contributed by atoms with Gasteiger partial charge in [-0.3, -0.25) is 0 Å². The standard InChI is InChI=1S/C28H25BrNO/c1-5-31-28(30(3)4)22-14-15-24(29)21-13-12-20-11-10-19-9-8-18-7-6-17(2)16-23(18)25(19)26(20)27(21)22/h6-16H,5H2,1-4H3/q+1. The number of halogens is 1. The highest BCUT2D eigenvalue weighted by Crippen LogP contribution is 2.40. The molecule has 0 radical (unpaired) electrons. The molecule has 0 N–H and O–H groups in total. The lowest BCUT2D eigenvalue weighted by atomic mass is 9.90. The van der Waals surface area contributed by atoms with Crippen molar-refractivity contribution in [3.63, 3.8) is 0 Å². The summed E-state index contributed by atoms with van der Waals surface area (Å²) in [5.41, 5.74) is 2.39. The van der Waals surface area contributed by atoms with Crippen LogP contribution >= 0.6 is 15.9 Å². The topological polar surface area (TPSA) is 12.2 Å². The first kappa shape index (κ1) is 20.0. The summed E-state index contributed by atoms with van der Waals surface area (Å²) >= 11 is 3.80. The zero-order valence-electron chi connectivity index (χ0n) is 18.3. The van der Waals surface area contributed by atoms with Crippen LogP contribution in [0.3, 0.4) is 0 Å². The molecule has 154 valence electrons. The molecule has 0 fully saturated rings. The molecule has 0 bridgehead atoms. The van der Waals surface area contributed by atoms with Crippen LogP contribution in [0.25, 0.3) is 43.1 Å². The normalized spacial score (nSPS) is 11.5. The summed E-state index contributed by atoms with van der Waals surface area (Å²) in [7, 11) is 4.09. The molecule has 5 aromatic rings. The molecule has 0 saturated heterocycles. The fourth-order valence-corrected chi connectivity index (χ4v) is 5.11. The first-order valence-electron chi connectivity index (χ1n) is 10.6. The van der Waals surface area contributed by atoms with Crippen molar-refractivity contribution >= 4 is 64.9 Å². The van der Waals surface area contributed by atoms with E-state index in [1.807, 2.05) is 21.0 Å². The monoisotopic (exact) mass is 470 g/mol. The number of nitrogens with zero attached hydrogens (tertiary/aromatic N) is 1. The zero-order valence-corrected chi connectivity index (χ0v) is 19.9. The average Bonchev–Trinajstić information content (AvgIpc) is 2.77. The molecule has 2 nitrogen and oxygen atoms in total. The molecule has 5 rings (SSSR count). The Kier molecular flexibility index (Phi) is 4.94. The van der Waals surface area contributed by atoms with Crippen LogP contribution in [0, 0.1) is 6.92 Å². The molecule has 31 heavy (non-hydrogen) atoms. The molecule has 0 unspecified atom stereocenters. The average molecular weight is 471 g/mol. The van der Waals surface area contributed by atoms with Crippen LogP contribution in [0.5, 0.6) is 0 Å². The lowest BCUT2D eigenvalue weighted by Gasteiger charge is -2.15. The summed E-state index contributed by atoms with van der Waals surface area (Å²) in [6, 6.07) is 24.4. The predicted octanol–water partition coefficient (Wildman–Crippen LogP) is 7.43. The third kappa shape index (κ3) is 3.19. The first-order chi connectivity index (χ1) is 15.0. The van der Waals surface area contributed by atoms with E-state index in [4.69, 9.17) is 4.74 Å². The molecule has 0 aliphatic rings. The van der Waals surface area contributed by atoms with Crippen LogP contribution in [0.15, 0.2) is 71.2 Å². The van der Waals surface area contributed by atoms with E-state index in [0.717, 1.165) is 15.9 Å². The summed E-state index contributed by atoms with van der Waals surface area (Å²) in [5, 5.41) is 10.1. The second-order valence-electron chi connectivity index (χ2n) is 8.27. The van der Waals surface area contributed by atoms with Gasteiger partial charge in [0, 0.05) is 9.86 Å². The largest absolute Gasteiger partial charge is 0.445 e. The Balaban J connectivity index is 2.11. The third-order valence-corrected chi connectivity index (χ3v) is 6.67. The van der Waals surface area contributed by atoms with Crippen molar-refractivity contribution in [2.75, 3.05) is 20.7 Å². The summed E-state index contributed by atoms with van der Waals surface area (Å²) < 4.78 is 9.29. The summed E-state index contributed by atoms with van der Waals surface area (Å²) in [6.45, 7) is 4.82. The Morgan fingerprint density at radius 2 is 1.42 bits per heavy atom. The second-order valence-corrected chi connectivity index (χ2v) is 9.12. The number of ether oxygens (including phenoxy) is 1. The lowest BCUT2D eigenvalue weighted by molar-refractivity contribution is -0.473. The minimum absolute atomic E-state index is 0.624. The maximum Gasteiger partial charge on any atom is 0.370 e. The maximum atomic E-state index is 6.13. The van der Waals surface area contributed by atoms with Gasteiger partial charge in [0.15, 0.2) is 0 Å². The Morgan fingerprint density at radius 3 is 2.13 bits per heavy atom. The van der Waals surface area contributed by atoms with Crippen molar-refractivity contribution < 1.29 is 9.31 Å². The Morgan fingerprint density at radius 1 is 0.774 bits per heavy atom. The van der Waals surface area contributed by atoms with Gasteiger partial charge >= 0.3 is 5.90 Å². The third-order valence-electron chi connectivity index (χ3n) is 5.98. The quantitative estimate of drug-likeness (QED) is 0.113. The fraction of sp³-hybridized carbons (Fsp3) is 0.179. The SMILES string of the molecule is CCOC(c1ccc(Br)c2ccc3ccc4ccc5ccc(C)cc5c4c3c12)=[N+](C)C. The molecule has 3 heteroatoms. The van der Waals surface area contributed by atoms with E-state index in [-0.39, 0.29) is 0 Å². The van der Waals surface area contributed by atoms with E-state index in [0.29, 0.717) is 6.61 Å². The van der Waals surface area contributed by atoms with Gasteiger partial charge in [-0.2, -0.15) is 0 Å². The molecule has 0 spiro atoms. The summed E-state index contributed by atoms with van der Waals surface area (Å²) in [5.74, 6) is 0.890. The highest BCUT2D eigenvalue weighted by Gasteiger charge is 2.21. The van der Waals surface area contributed by atoms with Crippen LogP contribution in [-0.2, 0) is 4.74 Å². The van der Waals surface area contributed by atoms with Gasteiger partial charge in [0.25, 0.3) is 0 Å². The van der Waals surface area contributed by atoms with Gasteiger partial charge in [0.1, 0.15) is 14.1 Å². The van der Waals surface area contributed by atoms with Gasteiger partial charge in [-0.05, 0) is 63.7 Å². The summed E-state index contributed by atoms with van der Waals surface area (Å²) in [4.78, 5) is 0. The number of hydrogen-bond donors (Lipinski definition) is 0. The maximum absolute atomic E-state index is 6.13. The zero-order chi connectivity index (χ0) is 21.7. The number of hydrogen-bond acceptors (Lipinski definition) is 1. The van der Waals surface area contributed by atoms with Crippen LogP contribution in [0.2, 0.25) is 0 Å². The van der Waals surface area contributed by atoms with E-state index in [1.54, 1.807) is 0 Å². The number of fused-ring (bicyclic) bond motifs is 7. The molecular weight excluding hydrogens is 446 g/mol. The van der Waals surface area contributed by atoms with E-state index in [2.05, 4.69) is 94.2 Å². The Hall–Kier alpha value is -2.91. The molecule has 5 aromatic carbocycles. The Bertz CT molecular complexity index is 1520. The van der Waals surface area contributed by atoms with E-state index < -0.39 is 0 Å². The molecule has 0 atom stereocenters. The molecule has 0 heterocycles. The van der Waals surface area contributed by atoms with E-state index in [9.17, 15) is 0 Å². The van der Waals surface area contributed by atoms with Crippen molar-refractivity contribution in [1.29, 1.82) is 0 Å². The van der Waals surface area contributed by atoms with Gasteiger partial charge in [-0.1, -0.05) is 76.1 Å². The number of rotatable bonds is 2. The second kappa shape index (κ2) is 7.65. The van der Waals surface area contributed by atoms with E-state index in [1.165, 1.54) is 48.7 Å². The van der Waals surface area contributed by atoms with Crippen LogP contribution in [0.1, 0.15) is 18.1 Å². The number of aryl methyl sites for hydroxylation is 1. The Labute approximate surface area is 190 Å². The van der Waals surface area contributed by atoms with Crippen molar-refractivity contribution in [2.24, 2.45) is 0 Å². The molecular formula is C28H25BrNO+. The lowest BCUT2D eigenvalue weighted by Crippen LogP contribution is -2.19. The minimum Gasteiger partial charge on any atom is -0.445 e. The van der Waals surface area contributed by atoms with Crippen molar-refractivity contribution in [1.82, 2.24) is 0 Å². The highest BCUT2D eigenvalue weighted by molar-refractivity contribution is 9.10. The molecule has 0 amide bonds.